The van der Waals surface area contributed by atoms with Crippen LogP contribution in [0.15, 0.2) is 65.6 Å². The molecule has 0 aliphatic carbocycles. The van der Waals surface area contributed by atoms with E-state index in [1.165, 1.54) is 4.90 Å². The van der Waals surface area contributed by atoms with Crippen molar-refractivity contribution in [3.63, 3.8) is 0 Å². The highest BCUT2D eigenvalue weighted by Gasteiger charge is 2.34. The fraction of sp³-hybridized carbons (Fsp3) is 0.160. The Bertz CT molecular complexity index is 1240. The van der Waals surface area contributed by atoms with Gasteiger partial charge in [-0.1, -0.05) is 55.5 Å². The molecular weight excluding hydrogens is 408 g/mol. The van der Waals surface area contributed by atoms with E-state index in [0.717, 1.165) is 33.7 Å². The molecule has 1 saturated heterocycles. The molecule has 0 unspecified atom stereocenters. The highest BCUT2D eigenvalue weighted by atomic mass is 32.2. The first-order valence-electron chi connectivity index (χ1n) is 10.00. The average molecular weight is 429 g/mol. The Kier molecular flexibility index (Phi) is 6.06. The van der Waals surface area contributed by atoms with Crippen LogP contribution in [0.4, 0.5) is 4.79 Å². The summed E-state index contributed by atoms with van der Waals surface area (Å²) in [6, 6.07) is 21.1. The lowest BCUT2D eigenvalue weighted by Gasteiger charge is -2.13. The summed E-state index contributed by atoms with van der Waals surface area (Å²) in [6.45, 7) is 2.56. The molecule has 0 spiro atoms. The monoisotopic (exact) mass is 428 g/mol. The van der Waals surface area contributed by atoms with Gasteiger partial charge in [-0.15, -0.1) is 0 Å². The van der Waals surface area contributed by atoms with Crippen LogP contribution >= 0.6 is 11.8 Å². The molecule has 2 amide bonds. The van der Waals surface area contributed by atoms with Crippen molar-refractivity contribution in [1.29, 1.82) is 5.26 Å². The zero-order chi connectivity index (χ0) is 21.8. The van der Waals surface area contributed by atoms with Gasteiger partial charge in [-0.05, 0) is 47.2 Å². The van der Waals surface area contributed by atoms with Crippen molar-refractivity contribution in [2.24, 2.45) is 0 Å². The van der Waals surface area contributed by atoms with Crippen LogP contribution in [0.2, 0.25) is 0 Å². The Labute approximate surface area is 184 Å². The van der Waals surface area contributed by atoms with E-state index in [0.29, 0.717) is 29.2 Å². The molecule has 1 fully saturated rings. The van der Waals surface area contributed by atoms with Crippen molar-refractivity contribution in [1.82, 2.24) is 4.90 Å². The molecule has 0 atom stereocenters. The summed E-state index contributed by atoms with van der Waals surface area (Å²) in [5, 5.41) is 11.0. The molecule has 1 heterocycles. The predicted molar refractivity (Wildman–Crippen MR) is 122 cm³/mol. The van der Waals surface area contributed by atoms with Crippen LogP contribution in [0.1, 0.15) is 30.0 Å². The van der Waals surface area contributed by atoms with E-state index >= 15 is 0 Å². The maximum Gasteiger partial charge on any atom is 0.293 e. The summed E-state index contributed by atoms with van der Waals surface area (Å²) in [5.74, 6) is 0.319. The van der Waals surface area contributed by atoms with Gasteiger partial charge in [0.2, 0.25) is 0 Å². The lowest BCUT2D eigenvalue weighted by molar-refractivity contribution is -0.122. The van der Waals surface area contributed by atoms with Gasteiger partial charge in [-0.2, -0.15) is 5.26 Å². The van der Waals surface area contributed by atoms with Crippen LogP contribution < -0.4 is 4.74 Å². The normalized spacial score (nSPS) is 15.0. The van der Waals surface area contributed by atoms with E-state index in [9.17, 15) is 14.9 Å². The number of rotatable bonds is 6. The van der Waals surface area contributed by atoms with Gasteiger partial charge in [0.05, 0.1) is 16.5 Å². The molecule has 3 aromatic carbocycles. The number of imide groups is 1. The van der Waals surface area contributed by atoms with Gasteiger partial charge < -0.3 is 4.74 Å². The van der Waals surface area contributed by atoms with Crippen molar-refractivity contribution < 1.29 is 14.3 Å². The van der Waals surface area contributed by atoms with E-state index in [1.807, 2.05) is 61.5 Å². The summed E-state index contributed by atoms with van der Waals surface area (Å²) in [6.07, 6.45) is 2.46. The Balaban J connectivity index is 1.74. The molecular formula is C25H20N2O3S. The molecule has 0 N–H and O–H groups in total. The third kappa shape index (κ3) is 4.18. The predicted octanol–water partition coefficient (Wildman–Crippen LogP) is 5.74. The number of hydrogen-bond acceptors (Lipinski definition) is 5. The van der Waals surface area contributed by atoms with Crippen LogP contribution in [-0.4, -0.2) is 22.6 Å². The number of nitrogens with zero attached hydrogens (tertiary/aromatic N) is 2. The molecule has 6 heteroatoms. The van der Waals surface area contributed by atoms with Crippen molar-refractivity contribution in [3.05, 3.63) is 82.3 Å². The van der Waals surface area contributed by atoms with E-state index in [2.05, 4.69) is 6.07 Å². The number of ether oxygens (including phenoxy) is 1. The van der Waals surface area contributed by atoms with Crippen molar-refractivity contribution >= 4 is 39.8 Å². The number of hydrogen-bond donors (Lipinski definition) is 0. The molecule has 4 rings (SSSR count). The summed E-state index contributed by atoms with van der Waals surface area (Å²) < 4.78 is 6.11. The SMILES string of the molecule is CCCN1C(=O)S/C(=C/c2c(OCc3ccccc3C#N)ccc3ccccc23)C1=O. The second-order valence-corrected chi connectivity index (χ2v) is 8.08. The molecule has 154 valence electrons. The second kappa shape index (κ2) is 9.07. The van der Waals surface area contributed by atoms with E-state index in [-0.39, 0.29) is 17.8 Å². The molecule has 5 nitrogen and oxygen atoms in total. The number of carbonyl (C=O) groups is 2. The maximum absolute atomic E-state index is 12.8. The van der Waals surface area contributed by atoms with Gasteiger partial charge in [-0.3, -0.25) is 14.5 Å². The number of amides is 2. The molecule has 1 aliphatic rings. The lowest BCUT2D eigenvalue weighted by atomic mass is 10.0. The second-order valence-electron chi connectivity index (χ2n) is 7.09. The number of carbonyl (C=O) groups excluding carboxylic acids is 2. The van der Waals surface area contributed by atoms with E-state index in [4.69, 9.17) is 4.74 Å². The molecule has 3 aromatic rings. The van der Waals surface area contributed by atoms with Crippen molar-refractivity contribution in [3.8, 4) is 11.8 Å². The number of thioether (sulfide) groups is 1. The van der Waals surface area contributed by atoms with Crippen molar-refractivity contribution in [2.75, 3.05) is 6.54 Å². The highest BCUT2D eigenvalue weighted by molar-refractivity contribution is 8.18. The topological polar surface area (TPSA) is 70.4 Å². The Hall–Kier alpha value is -3.56. The number of nitriles is 1. The van der Waals surface area contributed by atoms with Gasteiger partial charge in [0.25, 0.3) is 11.1 Å². The summed E-state index contributed by atoms with van der Waals surface area (Å²) >= 11 is 0.954. The minimum Gasteiger partial charge on any atom is -0.488 e. The minimum absolute atomic E-state index is 0.222. The standard InChI is InChI=1S/C25H20N2O3S/c1-2-13-27-24(28)23(31-25(27)29)14-21-20-10-6-5-7-17(20)11-12-22(21)30-16-19-9-4-3-8-18(19)15-26/h3-12,14H,2,13,16H2,1H3/b23-14+. The molecule has 0 radical (unpaired) electrons. The van der Waals surface area contributed by atoms with Gasteiger partial charge in [-0.25, -0.2) is 0 Å². The number of benzene rings is 3. The first-order chi connectivity index (χ1) is 15.1. The fourth-order valence-corrected chi connectivity index (χ4v) is 4.36. The third-order valence-corrected chi connectivity index (χ3v) is 5.96. The average Bonchev–Trinajstić information content (AvgIpc) is 3.06. The minimum atomic E-state index is -0.273. The molecule has 31 heavy (non-hydrogen) atoms. The van der Waals surface area contributed by atoms with Gasteiger partial charge in [0, 0.05) is 17.7 Å². The Morgan fingerprint density at radius 2 is 1.84 bits per heavy atom. The van der Waals surface area contributed by atoms with Gasteiger partial charge >= 0.3 is 0 Å². The van der Waals surface area contributed by atoms with Crippen LogP contribution in [0.25, 0.3) is 16.8 Å². The first-order valence-corrected chi connectivity index (χ1v) is 10.8. The Morgan fingerprint density at radius 1 is 1.06 bits per heavy atom. The van der Waals surface area contributed by atoms with Crippen LogP contribution in [0.3, 0.4) is 0 Å². The quantitative estimate of drug-likeness (QED) is 0.469. The molecule has 0 aromatic heterocycles. The number of fused-ring (bicyclic) bond motifs is 1. The summed E-state index contributed by atoms with van der Waals surface area (Å²) in [7, 11) is 0. The molecule has 1 aliphatic heterocycles. The van der Waals surface area contributed by atoms with Gasteiger partial charge in [0.1, 0.15) is 12.4 Å². The van der Waals surface area contributed by atoms with E-state index in [1.54, 1.807) is 12.1 Å². The van der Waals surface area contributed by atoms with E-state index < -0.39 is 0 Å². The molecule has 0 saturated carbocycles. The highest BCUT2D eigenvalue weighted by Crippen LogP contribution is 2.37. The van der Waals surface area contributed by atoms with Crippen LogP contribution in [-0.2, 0) is 11.4 Å². The fourth-order valence-electron chi connectivity index (χ4n) is 3.51. The maximum atomic E-state index is 12.8. The van der Waals surface area contributed by atoms with Crippen LogP contribution in [0, 0.1) is 11.3 Å². The lowest BCUT2D eigenvalue weighted by Crippen LogP contribution is -2.28. The van der Waals surface area contributed by atoms with Crippen LogP contribution in [0.5, 0.6) is 5.75 Å². The molecule has 0 bridgehead atoms. The zero-order valence-electron chi connectivity index (χ0n) is 17.0. The Morgan fingerprint density at radius 3 is 2.65 bits per heavy atom. The zero-order valence-corrected chi connectivity index (χ0v) is 17.8. The summed E-state index contributed by atoms with van der Waals surface area (Å²) in [5.41, 5.74) is 2.09. The summed E-state index contributed by atoms with van der Waals surface area (Å²) in [4.78, 5) is 26.7. The van der Waals surface area contributed by atoms with Crippen molar-refractivity contribution in [2.45, 2.75) is 20.0 Å². The first kappa shape index (κ1) is 20.7. The smallest absolute Gasteiger partial charge is 0.293 e. The third-order valence-electron chi connectivity index (χ3n) is 5.05. The van der Waals surface area contributed by atoms with Gasteiger partial charge in [0.15, 0.2) is 0 Å². The largest absolute Gasteiger partial charge is 0.488 e.